The van der Waals surface area contributed by atoms with Crippen molar-refractivity contribution in [3.8, 4) is 0 Å². The first-order valence-electron chi connectivity index (χ1n) is 5.59. The molecule has 17 heavy (non-hydrogen) atoms. The molecule has 0 saturated heterocycles. The summed E-state index contributed by atoms with van der Waals surface area (Å²) in [5, 5.41) is 5.69. The maximum absolute atomic E-state index is 13.1. The summed E-state index contributed by atoms with van der Waals surface area (Å²) in [5.41, 5.74) is 0.169. The summed E-state index contributed by atoms with van der Waals surface area (Å²) in [6, 6.07) is 4.19. The van der Waals surface area contributed by atoms with Crippen molar-refractivity contribution in [2.75, 3.05) is 19.6 Å². The lowest BCUT2D eigenvalue weighted by atomic mass is 10.2. The monoisotopic (exact) mass is 258 g/mol. The van der Waals surface area contributed by atoms with Gasteiger partial charge in [0.05, 0.1) is 10.6 Å². The third-order valence-electron chi connectivity index (χ3n) is 2.21. The van der Waals surface area contributed by atoms with E-state index in [4.69, 9.17) is 11.6 Å². The molecule has 2 N–H and O–H groups in total. The number of hydrogen-bond donors (Lipinski definition) is 2. The molecule has 0 unspecified atom stereocenters. The quantitative estimate of drug-likeness (QED) is 0.768. The molecule has 0 aliphatic carbocycles. The van der Waals surface area contributed by atoms with Gasteiger partial charge >= 0.3 is 0 Å². The molecular weight excluding hydrogens is 243 g/mol. The van der Waals surface area contributed by atoms with Crippen LogP contribution in [0.4, 0.5) is 4.39 Å². The first-order valence-corrected chi connectivity index (χ1v) is 5.97. The van der Waals surface area contributed by atoms with Crippen molar-refractivity contribution in [1.29, 1.82) is 0 Å². The minimum atomic E-state index is -0.580. The second-order valence-corrected chi connectivity index (χ2v) is 3.99. The van der Waals surface area contributed by atoms with Crippen LogP contribution in [0.2, 0.25) is 5.02 Å². The average Bonchev–Trinajstić information content (AvgIpc) is 2.32. The van der Waals surface area contributed by atoms with E-state index < -0.39 is 5.82 Å². The zero-order valence-corrected chi connectivity index (χ0v) is 10.5. The number of benzene rings is 1. The van der Waals surface area contributed by atoms with Gasteiger partial charge in [-0.1, -0.05) is 24.6 Å². The predicted octanol–water partition coefficient (Wildman–Crippen LogP) is 2.21. The molecule has 0 aliphatic rings. The summed E-state index contributed by atoms with van der Waals surface area (Å²) in [5.74, 6) is -0.934. The van der Waals surface area contributed by atoms with Crippen LogP contribution in [0.25, 0.3) is 0 Å². The van der Waals surface area contributed by atoms with Gasteiger partial charge in [0.1, 0.15) is 5.82 Å². The van der Waals surface area contributed by atoms with Gasteiger partial charge in [0.15, 0.2) is 0 Å². The number of nitrogens with one attached hydrogen (secondary N) is 2. The van der Waals surface area contributed by atoms with Crippen molar-refractivity contribution in [3.05, 3.63) is 34.6 Å². The van der Waals surface area contributed by atoms with E-state index in [1.807, 2.05) is 0 Å². The van der Waals surface area contributed by atoms with Crippen molar-refractivity contribution in [2.24, 2.45) is 0 Å². The Hall–Kier alpha value is -1.13. The highest BCUT2D eigenvalue weighted by molar-refractivity contribution is 6.34. The van der Waals surface area contributed by atoms with Crippen LogP contribution in [0, 0.1) is 5.82 Å². The van der Waals surface area contributed by atoms with E-state index in [0.29, 0.717) is 13.1 Å². The average molecular weight is 259 g/mol. The van der Waals surface area contributed by atoms with Crippen LogP contribution in [0.5, 0.6) is 0 Å². The third kappa shape index (κ3) is 4.32. The normalized spacial score (nSPS) is 10.3. The fraction of sp³-hybridized carbons (Fsp3) is 0.417. The van der Waals surface area contributed by atoms with Gasteiger partial charge in [-0.25, -0.2) is 4.39 Å². The number of carbonyl (C=O) groups excluding carboxylic acids is 1. The highest BCUT2D eigenvalue weighted by Gasteiger charge is 2.12. The van der Waals surface area contributed by atoms with E-state index in [-0.39, 0.29) is 16.5 Å². The maximum Gasteiger partial charge on any atom is 0.252 e. The molecule has 1 aromatic carbocycles. The minimum Gasteiger partial charge on any atom is -0.351 e. The van der Waals surface area contributed by atoms with Gasteiger partial charge in [0.2, 0.25) is 0 Å². The first-order chi connectivity index (χ1) is 8.16. The van der Waals surface area contributed by atoms with Crippen molar-refractivity contribution in [2.45, 2.75) is 13.3 Å². The molecule has 0 radical (unpaired) electrons. The lowest BCUT2D eigenvalue weighted by Crippen LogP contribution is -2.32. The van der Waals surface area contributed by atoms with Crippen LogP contribution in [0.1, 0.15) is 23.7 Å². The zero-order valence-electron chi connectivity index (χ0n) is 9.72. The predicted molar refractivity (Wildman–Crippen MR) is 66.9 cm³/mol. The second kappa shape index (κ2) is 7.25. The molecule has 0 atom stereocenters. The summed E-state index contributed by atoms with van der Waals surface area (Å²) in [6.45, 7) is 4.16. The Kier molecular flexibility index (Phi) is 5.94. The van der Waals surface area contributed by atoms with Gasteiger partial charge < -0.3 is 10.6 Å². The van der Waals surface area contributed by atoms with E-state index in [2.05, 4.69) is 17.6 Å². The van der Waals surface area contributed by atoms with Crippen molar-refractivity contribution < 1.29 is 9.18 Å². The Labute approximate surface area is 105 Å². The molecule has 0 spiro atoms. The number of rotatable bonds is 6. The van der Waals surface area contributed by atoms with E-state index in [1.54, 1.807) is 0 Å². The standard InChI is InChI=1S/C12H16ClFN2O/c1-2-6-15-7-8-16-12(17)9-4-3-5-10(14)11(9)13/h3-5,15H,2,6-8H2,1H3,(H,16,17). The molecule has 0 heterocycles. The molecule has 0 aliphatic heterocycles. The lowest BCUT2D eigenvalue weighted by molar-refractivity contribution is 0.0953. The molecule has 5 heteroatoms. The van der Waals surface area contributed by atoms with Crippen molar-refractivity contribution in [3.63, 3.8) is 0 Å². The Bertz CT molecular complexity index is 385. The number of amides is 1. The van der Waals surface area contributed by atoms with Crippen LogP contribution < -0.4 is 10.6 Å². The molecule has 3 nitrogen and oxygen atoms in total. The van der Waals surface area contributed by atoms with E-state index in [9.17, 15) is 9.18 Å². The van der Waals surface area contributed by atoms with Crippen LogP contribution >= 0.6 is 11.6 Å². The number of halogens is 2. The first kappa shape index (κ1) is 13.9. The van der Waals surface area contributed by atoms with Crippen LogP contribution in [-0.4, -0.2) is 25.5 Å². The van der Waals surface area contributed by atoms with Crippen molar-refractivity contribution >= 4 is 17.5 Å². The van der Waals surface area contributed by atoms with Gasteiger partial charge in [-0.2, -0.15) is 0 Å². The molecule has 0 fully saturated rings. The Morgan fingerprint density at radius 2 is 2.12 bits per heavy atom. The molecular formula is C12H16ClFN2O. The fourth-order valence-corrected chi connectivity index (χ4v) is 1.55. The number of carbonyl (C=O) groups is 1. The summed E-state index contributed by atoms with van der Waals surface area (Å²) < 4.78 is 13.1. The van der Waals surface area contributed by atoms with Gasteiger partial charge in [-0.15, -0.1) is 0 Å². The van der Waals surface area contributed by atoms with Gasteiger partial charge in [0, 0.05) is 13.1 Å². The molecule has 0 aromatic heterocycles. The molecule has 1 aromatic rings. The topological polar surface area (TPSA) is 41.1 Å². The zero-order chi connectivity index (χ0) is 12.7. The molecule has 0 saturated carbocycles. The van der Waals surface area contributed by atoms with Gasteiger partial charge in [-0.05, 0) is 25.1 Å². The van der Waals surface area contributed by atoms with Crippen LogP contribution in [-0.2, 0) is 0 Å². The number of hydrogen-bond acceptors (Lipinski definition) is 2. The van der Waals surface area contributed by atoms with E-state index in [0.717, 1.165) is 13.0 Å². The van der Waals surface area contributed by atoms with Crippen molar-refractivity contribution in [1.82, 2.24) is 10.6 Å². The van der Waals surface area contributed by atoms with E-state index in [1.165, 1.54) is 18.2 Å². The summed E-state index contributed by atoms with van der Waals surface area (Å²) in [4.78, 5) is 11.7. The van der Waals surface area contributed by atoms with Gasteiger partial charge in [0.25, 0.3) is 5.91 Å². The summed E-state index contributed by atoms with van der Waals surface area (Å²) in [6.07, 6.45) is 1.05. The maximum atomic E-state index is 13.1. The third-order valence-corrected chi connectivity index (χ3v) is 2.59. The van der Waals surface area contributed by atoms with Crippen LogP contribution in [0.3, 0.4) is 0 Å². The Morgan fingerprint density at radius 3 is 2.82 bits per heavy atom. The largest absolute Gasteiger partial charge is 0.351 e. The SMILES string of the molecule is CCCNCCNC(=O)c1cccc(F)c1Cl. The Morgan fingerprint density at radius 1 is 1.35 bits per heavy atom. The highest BCUT2D eigenvalue weighted by Crippen LogP contribution is 2.19. The van der Waals surface area contributed by atoms with Crippen LogP contribution in [0.15, 0.2) is 18.2 Å². The lowest BCUT2D eigenvalue weighted by Gasteiger charge is -2.07. The highest BCUT2D eigenvalue weighted by atomic mass is 35.5. The van der Waals surface area contributed by atoms with E-state index >= 15 is 0 Å². The smallest absolute Gasteiger partial charge is 0.252 e. The summed E-state index contributed by atoms with van der Waals surface area (Å²) >= 11 is 5.70. The Balaban J connectivity index is 2.44. The molecule has 1 rings (SSSR count). The molecule has 1 amide bonds. The second-order valence-electron chi connectivity index (χ2n) is 3.61. The minimum absolute atomic E-state index is 0.133. The summed E-state index contributed by atoms with van der Waals surface area (Å²) in [7, 11) is 0. The molecule has 0 bridgehead atoms. The fourth-order valence-electron chi connectivity index (χ4n) is 1.34. The van der Waals surface area contributed by atoms with Gasteiger partial charge in [-0.3, -0.25) is 4.79 Å². The molecule has 94 valence electrons.